The van der Waals surface area contributed by atoms with Crippen LogP contribution in [0.2, 0.25) is 0 Å². The molecule has 0 saturated heterocycles. The molecule has 5 atom stereocenters. The van der Waals surface area contributed by atoms with Crippen LogP contribution in [0.1, 0.15) is 53.4 Å². The van der Waals surface area contributed by atoms with Crippen molar-refractivity contribution in [1.82, 2.24) is 16.0 Å². The van der Waals surface area contributed by atoms with Gasteiger partial charge in [0.2, 0.25) is 17.7 Å². The number of carbonyl (C=O) groups is 4. The Bertz CT molecular complexity index is 601. The summed E-state index contributed by atoms with van der Waals surface area (Å²) in [6.45, 7) is 6.66. The molecule has 0 bridgehead atoms. The minimum absolute atomic E-state index is 0.320. The van der Waals surface area contributed by atoms with E-state index in [1.54, 1.807) is 20.8 Å². The molecular formula is C20H39N5O6. The minimum Gasteiger partial charge on any atom is -0.480 e. The number of rotatable bonds is 15. The van der Waals surface area contributed by atoms with Crippen molar-refractivity contribution in [2.45, 2.75) is 77.5 Å². The van der Waals surface area contributed by atoms with Crippen molar-refractivity contribution >= 4 is 23.7 Å². The predicted molar refractivity (Wildman–Crippen MR) is 116 cm³/mol. The first-order chi connectivity index (χ1) is 14.5. The van der Waals surface area contributed by atoms with Crippen molar-refractivity contribution in [3.63, 3.8) is 0 Å². The summed E-state index contributed by atoms with van der Waals surface area (Å²) < 4.78 is 0. The quantitative estimate of drug-likeness (QED) is 0.150. The van der Waals surface area contributed by atoms with Gasteiger partial charge in [-0.25, -0.2) is 4.79 Å². The molecule has 0 aromatic carbocycles. The second-order valence-corrected chi connectivity index (χ2v) is 8.08. The van der Waals surface area contributed by atoms with Crippen LogP contribution in [0.25, 0.3) is 0 Å². The van der Waals surface area contributed by atoms with Gasteiger partial charge in [-0.15, -0.1) is 0 Å². The smallest absolute Gasteiger partial charge is 0.326 e. The Morgan fingerprint density at radius 1 is 0.903 bits per heavy atom. The van der Waals surface area contributed by atoms with Gasteiger partial charge in [-0.05, 0) is 31.2 Å². The monoisotopic (exact) mass is 445 g/mol. The minimum atomic E-state index is -1.30. The molecule has 0 aliphatic rings. The molecule has 0 heterocycles. The highest BCUT2D eigenvalue weighted by atomic mass is 16.4. The average molecular weight is 446 g/mol. The number of nitrogens with two attached hydrogens (primary N) is 2. The molecule has 0 rings (SSSR count). The summed E-state index contributed by atoms with van der Waals surface area (Å²) in [6, 6.07) is -4.31. The van der Waals surface area contributed by atoms with Crippen molar-refractivity contribution in [1.29, 1.82) is 0 Å². The van der Waals surface area contributed by atoms with E-state index < -0.39 is 54.5 Å². The summed E-state index contributed by atoms with van der Waals surface area (Å²) in [5.41, 5.74) is 11.2. The first kappa shape index (κ1) is 28.8. The number of hydrogen-bond acceptors (Lipinski definition) is 7. The Morgan fingerprint density at radius 3 is 1.94 bits per heavy atom. The van der Waals surface area contributed by atoms with Gasteiger partial charge >= 0.3 is 5.97 Å². The number of aliphatic hydroxyl groups excluding tert-OH is 1. The van der Waals surface area contributed by atoms with Crippen molar-refractivity contribution < 1.29 is 29.4 Å². The number of aliphatic carboxylic acids is 1. The fourth-order valence-electron chi connectivity index (χ4n) is 2.82. The van der Waals surface area contributed by atoms with Crippen LogP contribution >= 0.6 is 0 Å². The van der Waals surface area contributed by atoms with Crippen molar-refractivity contribution in [3.8, 4) is 0 Å². The third-order valence-electron chi connectivity index (χ3n) is 5.15. The Morgan fingerprint density at radius 2 is 1.48 bits per heavy atom. The van der Waals surface area contributed by atoms with Crippen molar-refractivity contribution in [3.05, 3.63) is 0 Å². The lowest BCUT2D eigenvalue weighted by Crippen LogP contribution is -2.59. The zero-order valence-electron chi connectivity index (χ0n) is 18.9. The highest BCUT2D eigenvalue weighted by Crippen LogP contribution is 2.11. The molecule has 0 radical (unpaired) electrons. The van der Waals surface area contributed by atoms with E-state index in [1.165, 1.54) is 0 Å². The SMILES string of the molecule is CCC(C)C(NC(=O)C(CO)NC(=O)C(N)CCCCN)C(=O)NC(C(=O)O)C(C)C. The lowest BCUT2D eigenvalue weighted by Gasteiger charge is -2.28. The lowest BCUT2D eigenvalue weighted by molar-refractivity contribution is -0.144. The molecule has 0 spiro atoms. The molecule has 11 heteroatoms. The maximum absolute atomic E-state index is 12.7. The highest BCUT2D eigenvalue weighted by molar-refractivity contribution is 5.94. The van der Waals surface area contributed by atoms with Gasteiger partial charge in [0.05, 0.1) is 12.6 Å². The summed E-state index contributed by atoms with van der Waals surface area (Å²) in [5, 5.41) is 26.2. The van der Waals surface area contributed by atoms with Gasteiger partial charge in [-0.1, -0.05) is 40.5 Å². The van der Waals surface area contributed by atoms with E-state index in [2.05, 4.69) is 16.0 Å². The number of hydrogen-bond donors (Lipinski definition) is 7. The average Bonchev–Trinajstić information content (AvgIpc) is 2.72. The van der Waals surface area contributed by atoms with Crippen molar-refractivity contribution in [2.75, 3.05) is 13.2 Å². The first-order valence-electron chi connectivity index (χ1n) is 10.7. The largest absolute Gasteiger partial charge is 0.480 e. The second-order valence-electron chi connectivity index (χ2n) is 8.08. The molecule has 0 saturated carbocycles. The molecule has 0 aromatic heterocycles. The van der Waals surface area contributed by atoms with E-state index >= 15 is 0 Å². The molecule has 0 aromatic rings. The Labute approximate surface area is 183 Å². The van der Waals surface area contributed by atoms with E-state index in [9.17, 15) is 29.4 Å². The van der Waals surface area contributed by atoms with Crippen LogP contribution in [0.5, 0.6) is 0 Å². The van der Waals surface area contributed by atoms with Crippen LogP contribution in [0.3, 0.4) is 0 Å². The summed E-state index contributed by atoms with van der Waals surface area (Å²) >= 11 is 0. The van der Waals surface area contributed by atoms with Crippen LogP contribution in [0, 0.1) is 11.8 Å². The molecule has 0 aliphatic carbocycles. The van der Waals surface area contributed by atoms with Gasteiger partial charge in [-0.2, -0.15) is 0 Å². The van der Waals surface area contributed by atoms with E-state index in [0.29, 0.717) is 32.2 Å². The normalized spacial score (nSPS) is 16.0. The number of carbonyl (C=O) groups excluding carboxylic acids is 3. The van der Waals surface area contributed by atoms with E-state index in [-0.39, 0.29) is 11.8 Å². The van der Waals surface area contributed by atoms with E-state index in [0.717, 1.165) is 0 Å². The van der Waals surface area contributed by atoms with Crippen LogP contribution < -0.4 is 27.4 Å². The standard InChI is InChI=1S/C20H39N5O6/c1-5-12(4)16(19(29)24-15(11(2)3)20(30)31)25-18(28)14(10-26)23-17(27)13(22)8-6-7-9-21/h11-16,26H,5-10,21-22H2,1-4H3,(H,23,27)(H,24,29)(H,25,28)(H,30,31). The van der Waals surface area contributed by atoms with E-state index in [4.69, 9.17) is 11.5 Å². The second kappa shape index (κ2) is 14.7. The Balaban J connectivity index is 5.20. The van der Waals surface area contributed by atoms with Crippen LogP contribution in [0.15, 0.2) is 0 Å². The molecule has 9 N–H and O–H groups in total. The van der Waals surface area contributed by atoms with Gasteiger partial charge in [-0.3, -0.25) is 14.4 Å². The highest BCUT2D eigenvalue weighted by Gasteiger charge is 2.33. The topological polar surface area (TPSA) is 197 Å². The number of amides is 3. The van der Waals surface area contributed by atoms with Gasteiger partial charge in [0.15, 0.2) is 0 Å². The number of nitrogens with one attached hydrogen (secondary N) is 3. The Kier molecular flexibility index (Phi) is 13.6. The van der Waals surface area contributed by atoms with Gasteiger partial charge in [0, 0.05) is 0 Å². The number of carboxylic acids is 1. The fraction of sp³-hybridized carbons (Fsp3) is 0.800. The molecule has 31 heavy (non-hydrogen) atoms. The summed E-state index contributed by atoms with van der Waals surface area (Å²) in [5.74, 6) is -3.87. The van der Waals surface area contributed by atoms with Gasteiger partial charge < -0.3 is 37.6 Å². The molecule has 0 fully saturated rings. The van der Waals surface area contributed by atoms with Gasteiger partial charge in [0.25, 0.3) is 0 Å². The lowest BCUT2D eigenvalue weighted by atomic mass is 9.96. The third-order valence-corrected chi connectivity index (χ3v) is 5.15. The number of carboxylic acid groups (broad SMARTS) is 1. The molecule has 180 valence electrons. The Hall–Kier alpha value is -2.24. The third kappa shape index (κ3) is 10.1. The zero-order valence-corrected chi connectivity index (χ0v) is 18.9. The number of aliphatic hydroxyl groups is 1. The number of unbranched alkanes of at least 4 members (excludes halogenated alkanes) is 1. The molecule has 0 aliphatic heterocycles. The maximum Gasteiger partial charge on any atom is 0.326 e. The zero-order chi connectivity index (χ0) is 24.1. The van der Waals surface area contributed by atoms with Crippen LogP contribution in [-0.4, -0.2) is 71.2 Å². The molecule has 3 amide bonds. The first-order valence-corrected chi connectivity index (χ1v) is 10.7. The molecule has 5 unspecified atom stereocenters. The van der Waals surface area contributed by atoms with Crippen LogP contribution in [0.4, 0.5) is 0 Å². The summed E-state index contributed by atoms with van der Waals surface area (Å²) in [7, 11) is 0. The maximum atomic E-state index is 12.7. The predicted octanol–water partition coefficient (Wildman–Crippen LogP) is -1.32. The summed E-state index contributed by atoms with van der Waals surface area (Å²) in [4.78, 5) is 49.0. The van der Waals surface area contributed by atoms with Gasteiger partial charge in [0.1, 0.15) is 18.1 Å². The van der Waals surface area contributed by atoms with E-state index in [1.807, 2.05) is 6.92 Å². The summed E-state index contributed by atoms with van der Waals surface area (Å²) in [6.07, 6.45) is 2.27. The van der Waals surface area contributed by atoms with Crippen molar-refractivity contribution in [2.24, 2.45) is 23.3 Å². The molecule has 11 nitrogen and oxygen atoms in total. The molecular weight excluding hydrogens is 406 g/mol. The fourth-order valence-corrected chi connectivity index (χ4v) is 2.82. The van der Waals surface area contributed by atoms with Crippen LogP contribution in [-0.2, 0) is 19.2 Å².